The highest BCUT2D eigenvalue weighted by Gasteiger charge is 2.20. The van der Waals surface area contributed by atoms with Crippen LogP contribution in [0.15, 0.2) is 33.7 Å². The standard InChI is InChI=1S/C16H21N5O3/c1-12-9-14(22)19-16(18-12)21-6-4-20(5-7-21)11-15(23)17-10-13-3-2-8-24-13/h2-3,8-9H,4-7,10-11H2,1H3,(H,17,23)(H,18,19,22). The van der Waals surface area contributed by atoms with Gasteiger partial charge in [0.2, 0.25) is 11.9 Å². The molecule has 0 bridgehead atoms. The highest BCUT2D eigenvalue weighted by Crippen LogP contribution is 2.09. The molecule has 2 N–H and O–H groups in total. The van der Waals surface area contributed by atoms with Crippen LogP contribution < -0.4 is 15.8 Å². The van der Waals surface area contributed by atoms with Crippen LogP contribution in [0.4, 0.5) is 5.95 Å². The monoisotopic (exact) mass is 331 g/mol. The van der Waals surface area contributed by atoms with Gasteiger partial charge in [0.1, 0.15) is 5.76 Å². The zero-order valence-corrected chi connectivity index (χ0v) is 13.6. The summed E-state index contributed by atoms with van der Waals surface area (Å²) in [7, 11) is 0. The van der Waals surface area contributed by atoms with Crippen molar-refractivity contribution in [2.45, 2.75) is 13.5 Å². The summed E-state index contributed by atoms with van der Waals surface area (Å²) in [5, 5.41) is 2.84. The molecule has 128 valence electrons. The number of hydrogen-bond donors (Lipinski definition) is 2. The van der Waals surface area contributed by atoms with Crippen LogP contribution in [-0.4, -0.2) is 53.5 Å². The third-order valence-corrected chi connectivity index (χ3v) is 3.94. The molecule has 0 radical (unpaired) electrons. The Morgan fingerprint density at radius 2 is 2.17 bits per heavy atom. The molecule has 0 aliphatic carbocycles. The van der Waals surface area contributed by atoms with E-state index in [4.69, 9.17) is 4.42 Å². The first kappa shape index (κ1) is 16.3. The normalized spacial score (nSPS) is 15.5. The number of aromatic nitrogens is 2. The Bertz CT molecular complexity index is 732. The van der Waals surface area contributed by atoms with E-state index in [-0.39, 0.29) is 11.5 Å². The van der Waals surface area contributed by atoms with E-state index in [1.165, 1.54) is 6.07 Å². The van der Waals surface area contributed by atoms with Crippen LogP contribution in [-0.2, 0) is 11.3 Å². The first-order valence-electron chi connectivity index (χ1n) is 7.94. The van der Waals surface area contributed by atoms with Gasteiger partial charge >= 0.3 is 0 Å². The van der Waals surface area contributed by atoms with Gasteiger partial charge in [0.25, 0.3) is 5.56 Å². The SMILES string of the molecule is Cc1cc(=O)[nH]c(N2CCN(CC(=O)NCc3ccco3)CC2)n1. The van der Waals surface area contributed by atoms with Crippen molar-refractivity contribution in [3.63, 3.8) is 0 Å². The van der Waals surface area contributed by atoms with Crippen molar-refractivity contribution in [2.75, 3.05) is 37.6 Å². The lowest BCUT2D eigenvalue weighted by Crippen LogP contribution is -2.50. The minimum Gasteiger partial charge on any atom is -0.467 e. The van der Waals surface area contributed by atoms with Crippen LogP contribution in [0.1, 0.15) is 11.5 Å². The molecule has 2 aromatic heterocycles. The molecule has 0 aromatic carbocycles. The van der Waals surface area contributed by atoms with Crippen LogP contribution in [0.25, 0.3) is 0 Å². The average Bonchev–Trinajstić information content (AvgIpc) is 3.06. The number of amides is 1. The molecule has 0 saturated carbocycles. The average molecular weight is 331 g/mol. The first-order valence-corrected chi connectivity index (χ1v) is 7.94. The summed E-state index contributed by atoms with van der Waals surface area (Å²) in [6, 6.07) is 5.10. The Kier molecular flexibility index (Phi) is 4.95. The lowest BCUT2D eigenvalue weighted by atomic mass is 10.3. The van der Waals surface area contributed by atoms with E-state index in [2.05, 4.69) is 20.2 Å². The van der Waals surface area contributed by atoms with Gasteiger partial charge < -0.3 is 14.6 Å². The topological polar surface area (TPSA) is 94.5 Å². The molecule has 1 saturated heterocycles. The maximum atomic E-state index is 12.0. The van der Waals surface area contributed by atoms with Gasteiger partial charge in [0.15, 0.2) is 0 Å². The van der Waals surface area contributed by atoms with E-state index >= 15 is 0 Å². The zero-order chi connectivity index (χ0) is 16.9. The number of aromatic amines is 1. The van der Waals surface area contributed by atoms with Crippen molar-refractivity contribution >= 4 is 11.9 Å². The molecule has 1 aliphatic heterocycles. The predicted octanol–water partition coefficient (Wildman–Crippen LogP) is 0.110. The van der Waals surface area contributed by atoms with E-state index < -0.39 is 0 Å². The van der Waals surface area contributed by atoms with Crippen molar-refractivity contribution in [3.05, 3.63) is 46.3 Å². The molecule has 24 heavy (non-hydrogen) atoms. The van der Waals surface area contributed by atoms with Crippen LogP contribution in [0.2, 0.25) is 0 Å². The number of aryl methyl sites for hydroxylation is 1. The molecule has 8 nitrogen and oxygen atoms in total. The number of carbonyl (C=O) groups excluding carboxylic acids is 1. The summed E-state index contributed by atoms with van der Waals surface area (Å²) in [6.45, 7) is 5.48. The summed E-state index contributed by atoms with van der Waals surface area (Å²) in [5.41, 5.74) is 0.561. The van der Waals surface area contributed by atoms with E-state index in [0.717, 1.165) is 31.9 Å². The first-order chi connectivity index (χ1) is 11.6. The summed E-state index contributed by atoms with van der Waals surface area (Å²) < 4.78 is 5.19. The van der Waals surface area contributed by atoms with E-state index in [0.29, 0.717) is 24.7 Å². The quantitative estimate of drug-likeness (QED) is 0.808. The van der Waals surface area contributed by atoms with E-state index in [9.17, 15) is 9.59 Å². The highest BCUT2D eigenvalue weighted by molar-refractivity contribution is 5.77. The number of rotatable bonds is 5. The molecular weight excluding hydrogens is 310 g/mol. The van der Waals surface area contributed by atoms with Gasteiger partial charge in [-0.05, 0) is 19.1 Å². The van der Waals surface area contributed by atoms with Gasteiger partial charge in [0, 0.05) is 37.9 Å². The lowest BCUT2D eigenvalue weighted by Gasteiger charge is -2.34. The molecular formula is C16H21N5O3. The number of nitrogens with zero attached hydrogens (tertiary/aromatic N) is 3. The number of hydrogen-bond acceptors (Lipinski definition) is 6. The Morgan fingerprint density at radius 3 is 2.83 bits per heavy atom. The van der Waals surface area contributed by atoms with Crippen LogP contribution in [0, 0.1) is 6.92 Å². The summed E-state index contributed by atoms with van der Waals surface area (Å²) in [4.78, 5) is 34.8. The van der Waals surface area contributed by atoms with Crippen molar-refractivity contribution < 1.29 is 9.21 Å². The number of H-pyrrole nitrogens is 1. The van der Waals surface area contributed by atoms with Gasteiger partial charge in [-0.1, -0.05) is 0 Å². The predicted molar refractivity (Wildman–Crippen MR) is 88.8 cm³/mol. The van der Waals surface area contributed by atoms with E-state index in [1.807, 2.05) is 11.0 Å². The van der Waals surface area contributed by atoms with Crippen LogP contribution in [0.5, 0.6) is 0 Å². The Balaban J connectivity index is 1.46. The number of piperazine rings is 1. The van der Waals surface area contributed by atoms with Crippen molar-refractivity contribution in [1.82, 2.24) is 20.2 Å². The van der Waals surface area contributed by atoms with E-state index in [1.54, 1.807) is 19.3 Å². The second kappa shape index (κ2) is 7.31. The molecule has 0 atom stereocenters. The van der Waals surface area contributed by atoms with Crippen LogP contribution in [0.3, 0.4) is 0 Å². The van der Waals surface area contributed by atoms with Crippen molar-refractivity contribution in [3.8, 4) is 0 Å². The molecule has 1 fully saturated rings. The molecule has 3 rings (SSSR count). The lowest BCUT2D eigenvalue weighted by molar-refractivity contribution is -0.122. The maximum absolute atomic E-state index is 12.0. The summed E-state index contributed by atoms with van der Waals surface area (Å²) in [5.74, 6) is 1.31. The molecule has 1 amide bonds. The minimum atomic E-state index is -0.141. The number of anilines is 1. The highest BCUT2D eigenvalue weighted by atomic mass is 16.3. The number of carbonyl (C=O) groups is 1. The second-order valence-electron chi connectivity index (χ2n) is 5.83. The van der Waals surface area contributed by atoms with Gasteiger partial charge in [0.05, 0.1) is 19.4 Å². The number of nitrogens with one attached hydrogen (secondary N) is 2. The Labute approximate surface area is 139 Å². The van der Waals surface area contributed by atoms with Gasteiger partial charge in [-0.3, -0.25) is 19.5 Å². The summed E-state index contributed by atoms with van der Waals surface area (Å²) >= 11 is 0. The number of furan rings is 1. The van der Waals surface area contributed by atoms with Crippen molar-refractivity contribution in [2.24, 2.45) is 0 Å². The molecule has 8 heteroatoms. The van der Waals surface area contributed by atoms with Gasteiger partial charge in [-0.15, -0.1) is 0 Å². The largest absolute Gasteiger partial charge is 0.467 e. The zero-order valence-electron chi connectivity index (χ0n) is 13.6. The third kappa shape index (κ3) is 4.23. The molecule has 1 aliphatic rings. The van der Waals surface area contributed by atoms with Crippen molar-refractivity contribution in [1.29, 1.82) is 0 Å². The molecule has 0 unspecified atom stereocenters. The van der Waals surface area contributed by atoms with Gasteiger partial charge in [-0.25, -0.2) is 4.98 Å². The Morgan fingerprint density at radius 1 is 1.38 bits per heavy atom. The molecule has 2 aromatic rings. The summed E-state index contributed by atoms with van der Waals surface area (Å²) in [6.07, 6.45) is 1.59. The molecule has 0 spiro atoms. The fourth-order valence-corrected chi connectivity index (χ4v) is 2.69. The fraction of sp³-hybridized carbons (Fsp3) is 0.438. The Hall–Kier alpha value is -2.61. The molecule has 3 heterocycles. The third-order valence-electron chi connectivity index (χ3n) is 3.94. The fourth-order valence-electron chi connectivity index (χ4n) is 2.69. The van der Waals surface area contributed by atoms with Crippen LogP contribution >= 0.6 is 0 Å². The van der Waals surface area contributed by atoms with Gasteiger partial charge in [-0.2, -0.15) is 0 Å². The second-order valence-corrected chi connectivity index (χ2v) is 5.83. The smallest absolute Gasteiger partial charge is 0.252 e. The maximum Gasteiger partial charge on any atom is 0.252 e. The minimum absolute atomic E-state index is 0.0260.